The van der Waals surface area contributed by atoms with Gasteiger partial charge in [0.05, 0.1) is 11.6 Å². The van der Waals surface area contributed by atoms with Gasteiger partial charge in [-0.2, -0.15) is 0 Å². The highest BCUT2D eigenvalue weighted by molar-refractivity contribution is 6.46. The van der Waals surface area contributed by atoms with Gasteiger partial charge in [0.2, 0.25) is 0 Å². The Balaban J connectivity index is 2.15. The Bertz CT molecular complexity index is 830. The first kappa shape index (κ1) is 15.2. The molecule has 0 aliphatic carbocycles. The quantitative estimate of drug-likeness (QED) is 0.504. The van der Waals surface area contributed by atoms with Crippen LogP contribution in [0.3, 0.4) is 0 Å². The van der Waals surface area contributed by atoms with Crippen LogP contribution in [0, 0.1) is 5.82 Å². The van der Waals surface area contributed by atoms with Crippen LogP contribution >= 0.6 is 11.6 Å². The van der Waals surface area contributed by atoms with Crippen LogP contribution in [0.1, 0.15) is 17.2 Å². The van der Waals surface area contributed by atoms with E-state index in [0.29, 0.717) is 10.6 Å². The van der Waals surface area contributed by atoms with Gasteiger partial charge in [0.1, 0.15) is 11.6 Å². The third kappa shape index (κ3) is 2.71. The summed E-state index contributed by atoms with van der Waals surface area (Å²) in [4.78, 5) is 23.8. The van der Waals surface area contributed by atoms with Crippen molar-refractivity contribution < 1.29 is 19.1 Å². The van der Waals surface area contributed by atoms with Crippen LogP contribution < -0.4 is 5.32 Å². The molecule has 6 heteroatoms. The van der Waals surface area contributed by atoms with Crippen molar-refractivity contribution in [2.45, 2.75) is 6.04 Å². The number of aliphatic hydroxyl groups excluding tert-OH is 1. The SMILES string of the molecule is O=C1NC(c2ccccc2F)C(=C(O)c2ccc(Cl)cc2)C1=O. The Morgan fingerprint density at radius 3 is 2.39 bits per heavy atom. The molecule has 1 amide bonds. The molecule has 2 N–H and O–H groups in total. The summed E-state index contributed by atoms with van der Waals surface area (Å²) in [6, 6.07) is 10.8. The average molecular weight is 332 g/mol. The lowest BCUT2D eigenvalue weighted by Gasteiger charge is -2.14. The van der Waals surface area contributed by atoms with Gasteiger partial charge >= 0.3 is 0 Å². The molecule has 116 valence electrons. The Kier molecular flexibility index (Phi) is 3.88. The van der Waals surface area contributed by atoms with Crippen LogP contribution in [0.25, 0.3) is 5.76 Å². The molecule has 0 radical (unpaired) electrons. The Labute approximate surface area is 136 Å². The van der Waals surface area contributed by atoms with Crippen molar-refractivity contribution in [1.82, 2.24) is 5.32 Å². The Morgan fingerprint density at radius 2 is 1.74 bits per heavy atom. The lowest BCUT2D eigenvalue weighted by atomic mass is 9.95. The smallest absolute Gasteiger partial charge is 0.293 e. The number of halogens is 2. The molecule has 0 aromatic heterocycles. The summed E-state index contributed by atoms with van der Waals surface area (Å²) in [5.74, 6) is -2.72. The number of benzene rings is 2. The number of ketones is 1. The van der Waals surface area contributed by atoms with E-state index < -0.39 is 23.5 Å². The van der Waals surface area contributed by atoms with E-state index in [1.165, 1.54) is 30.3 Å². The number of Topliss-reactive ketones (excluding diaryl/α,β-unsaturated/α-hetero) is 1. The van der Waals surface area contributed by atoms with Crippen molar-refractivity contribution >= 4 is 29.1 Å². The van der Waals surface area contributed by atoms with Crippen molar-refractivity contribution in [2.75, 3.05) is 0 Å². The number of hydrogen-bond donors (Lipinski definition) is 2. The summed E-state index contributed by atoms with van der Waals surface area (Å²) < 4.78 is 14.0. The first-order chi connectivity index (χ1) is 11.0. The van der Waals surface area contributed by atoms with Gasteiger partial charge in [0.15, 0.2) is 0 Å². The van der Waals surface area contributed by atoms with Crippen LogP contribution in [0.4, 0.5) is 4.39 Å². The number of carbonyl (C=O) groups is 2. The molecule has 3 rings (SSSR count). The van der Waals surface area contributed by atoms with Gasteiger partial charge in [-0.15, -0.1) is 0 Å². The van der Waals surface area contributed by atoms with Gasteiger partial charge in [-0.3, -0.25) is 9.59 Å². The van der Waals surface area contributed by atoms with Crippen LogP contribution in [-0.2, 0) is 9.59 Å². The summed E-state index contributed by atoms with van der Waals surface area (Å²) >= 11 is 5.79. The topological polar surface area (TPSA) is 66.4 Å². The maximum absolute atomic E-state index is 14.0. The second-order valence-corrected chi connectivity index (χ2v) is 5.46. The molecular weight excluding hydrogens is 321 g/mol. The average Bonchev–Trinajstić information content (AvgIpc) is 2.83. The number of amides is 1. The number of nitrogens with one attached hydrogen (secondary N) is 1. The maximum atomic E-state index is 14.0. The predicted octanol–water partition coefficient (Wildman–Crippen LogP) is 3.19. The minimum atomic E-state index is -1.04. The lowest BCUT2D eigenvalue weighted by Crippen LogP contribution is -2.21. The zero-order valence-electron chi connectivity index (χ0n) is 11.7. The molecule has 1 aliphatic rings. The Morgan fingerprint density at radius 1 is 1.09 bits per heavy atom. The highest BCUT2D eigenvalue weighted by atomic mass is 35.5. The molecule has 0 spiro atoms. The summed E-state index contributed by atoms with van der Waals surface area (Å²) in [7, 11) is 0. The second kappa shape index (κ2) is 5.85. The minimum Gasteiger partial charge on any atom is -0.507 e. The zero-order valence-corrected chi connectivity index (χ0v) is 12.5. The van der Waals surface area contributed by atoms with E-state index in [0.717, 1.165) is 0 Å². The minimum absolute atomic E-state index is 0.113. The monoisotopic (exact) mass is 331 g/mol. The molecule has 2 aromatic carbocycles. The molecule has 0 saturated carbocycles. The molecule has 1 atom stereocenters. The number of aliphatic hydroxyl groups is 1. The number of hydrogen-bond acceptors (Lipinski definition) is 3. The van der Waals surface area contributed by atoms with E-state index >= 15 is 0 Å². The molecule has 1 heterocycles. The van der Waals surface area contributed by atoms with Gasteiger partial charge in [-0.25, -0.2) is 4.39 Å². The van der Waals surface area contributed by atoms with Gasteiger partial charge < -0.3 is 10.4 Å². The molecule has 1 unspecified atom stereocenters. The standard InChI is InChI=1S/C17H11ClFNO3/c18-10-7-5-9(6-8-10)15(21)13-14(20-17(23)16(13)22)11-3-1-2-4-12(11)19/h1-8,14,21H,(H,20,23). The van der Waals surface area contributed by atoms with Crippen LogP contribution in [0.15, 0.2) is 54.1 Å². The fraction of sp³-hybridized carbons (Fsp3) is 0.0588. The van der Waals surface area contributed by atoms with Crippen LogP contribution in [-0.4, -0.2) is 16.8 Å². The first-order valence-electron chi connectivity index (χ1n) is 6.77. The van der Waals surface area contributed by atoms with Gasteiger partial charge in [-0.1, -0.05) is 29.8 Å². The normalized spacial score (nSPS) is 19.7. The van der Waals surface area contributed by atoms with E-state index in [9.17, 15) is 19.1 Å². The van der Waals surface area contributed by atoms with Crippen molar-refractivity contribution in [3.05, 3.63) is 76.1 Å². The van der Waals surface area contributed by atoms with Gasteiger partial charge in [-0.05, 0) is 30.3 Å². The molecular formula is C17H11ClFNO3. The largest absolute Gasteiger partial charge is 0.507 e. The van der Waals surface area contributed by atoms with E-state index in [1.807, 2.05) is 0 Å². The van der Waals surface area contributed by atoms with Crippen LogP contribution in [0.2, 0.25) is 5.02 Å². The van der Waals surface area contributed by atoms with E-state index in [4.69, 9.17) is 11.6 Å². The second-order valence-electron chi connectivity index (χ2n) is 5.03. The summed E-state index contributed by atoms with van der Waals surface area (Å²) in [6.45, 7) is 0. The summed E-state index contributed by atoms with van der Waals surface area (Å²) in [5.41, 5.74) is 0.250. The first-order valence-corrected chi connectivity index (χ1v) is 7.15. The molecule has 2 aromatic rings. The van der Waals surface area contributed by atoms with Crippen molar-refractivity contribution in [1.29, 1.82) is 0 Å². The van der Waals surface area contributed by atoms with Crippen molar-refractivity contribution in [3.63, 3.8) is 0 Å². The third-order valence-corrected chi connectivity index (χ3v) is 3.86. The highest BCUT2D eigenvalue weighted by Gasteiger charge is 2.40. The third-order valence-electron chi connectivity index (χ3n) is 3.60. The highest BCUT2D eigenvalue weighted by Crippen LogP contribution is 2.34. The fourth-order valence-corrected chi connectivity index (χ4v) is 2.60. The zero-order chi connectivity index (χ0) is 16.6. The van der Waals surface area contributed by atoms with Gasteiger partial charge in [0, 0.05) is 16.1 Å². The van der Waals surface area contributed by atoms with E-state index in [2.05, 4.69) is 5.32 Å². The maximum Gasteiger partial charge on any atom is 0.293 e. The van der Waals surface area contributed by atoms with Crippen molar-refractivity contribution in [3.8, 4) is 0 Å². The fourth-order valence-electron chi connectivity index (χ4n) is 2.47. The predicted molar refractivity (Wildman–Crippen MR) is 83.3 cm³/mol. The van der Waals surface area contributed by atoms with Crippen LogP contribution in [0.5, 0.6) is 0 Å². The molecule has 1 saturated heterocycles. The molecule has 23 heavy (non-hydrogen) atoms. The van der Waals surface area contributed by atoms with E-state index in [1.54, 1.807) is 18.2 Å². The Hall–Kier alpha value is -2.66. The molecule has 0 bridgehead atoms. The molecule has 4 nitrogen and oxygen atoms in total. The summed E-state index contributed by atoms with van der Waals surface area (Å²) in [6.07, 6.45) is 0. The summed E-state index contributed by atoms with van der Waals surface area (Å²) in [5, 5.41) is 13.3. The van der Waals surface area contributed by atoms with Gasteiger partial charge in [0.25, 0.3) is 11.7 Å². The number of rotatable bonds is 2. The number of carbonyl (C=O) groups excluding carboxylic acids is 2. The molecule has 1 aliphatic heterocycles. The van der Waals surface area contributed by atoms with E-state index in [-0.39, 0.29) is 16.9 Å². The molecule has 1 fully saturated rings. The lowest BCUT2D eigenvalue weighted by molar-refractivity contribution is -0.133. The van der Waals surface area contributed by atoms with Crippen molar-refractivity contribution in [2.24, 2.45) is 0 Å².